The van der Waals surface area contributed by atoms with Gasteiger partial charge in [-0.05, 0) is 30.7 Å². The predicted octanol–water partition coefficient (Wildman–Crippen LogP) is 1.19. The van der Waals surface area contributed by atoms with Gasteiger partial charge in [0.1, 0.15) is 0 Å². The Hall–Kier alpha value is -0.650. The lowest BCUT2D eigenvalue weighted by Gasteiger charge is -2.31. The van der Waals surface area contributed by atoms with E-state index in [0.29, 0.717) is 29.8 Å². The van der Waals surface area contributed by atoms with Crippen molar-refractivity contribution in [2.45, 2.75) is 45.7 Å². The van der Waals surface area contributed by atoms with Crippen molar-refractivity contribution in [1.29, 1.82) is 0 Å². The quantitative estimate of drug-likeness (QED) is 0.797. The van der Waals surface area contributed by atoms with Crippen molar-refractivity contribution in [3.8, 4) is 0 Å². The predicted molar refractivity (Wildman–Crippen MR) is 91.3 cm³/mol. The van der Waals surface area contributed by atoms with E-state index >= 15 is 0 Å². The van der Waals surface area contributed by atoms with Crippen LogP contribution in [-0.4, -0.2) is 73.7 Å². The van der Waals surface area contributed by atoms with Crippen LogP contribution in [0.2, 0.25) is 0 Å². The van der Waals surface area contributed by atoms with Gasteiger partial charge in [-0.15, -0.1) is 0 Å². The van der Waals surface area contributed by atoms with Crippen molar-refractivity contribution < 1.29 is 9.53 Å². The minimum absolute atomic E-state index is 0.384. The standard InChI is InChI=1S/C18H33N3O2/c1-13(2)19-12-16-14(3)10-17-15(16)11-18(22)21(17)5-4-20-6-8-23-9-7-20/h13-17,19H,4-12H2,1-3H3/t14-,15-,16+,17+/m0/s1. The third kappa shape index (κ3) is 3.89. The minimum Gasteiger partial charge on any atom is -0.379 e. The molecule has 132 valence electrons. The Morgan fingerprint density at radius 1 is 1.26 bits per heavy atom. The highest BCUT2D eigenvalue weighted by molar-refractivity contribution is 5.79. The molecule has 3 aliphatic rings. The SMILES string of the molecule is CC(C)NC[C@H]1[C@@H]2CC(=O)N(CCN3CCOCC3)[C@@H]2C[C@@H]1C. The second-order valence-corrected chi connectivity index (χ2v) is 7.92. The summed E-state index contributed by atoms with van der Waals surface area (Å²) < 4.78 is 5.41. The van der Waals surface area contributed by atoms with Crippen LogP contribution in [0.4, 0.5) is 0 Å². The van der Waals surface area contributed by atoms with E-state index in [1.165, 1.54) is 6.42 Å². The van der Waals surface area contributed by atoms with E-state index in [1.807, 2.05) is 0 Å². The molecule has 1 N–H and O–H groups in total. The van der Waals surface area contributed by atoms with Gasteiger partial charge < -0.3 is 15.0 Å². The molecular formula is C18H33N3O2. The van der Waals surface area contributed by atoms with Crippen molar-refractivity contribution in [3.63, 3.8) is 0 Å². The van der Waals surface area contributed by atoms with Crippen LogP contribution in [-0.2, 0) is 9.53 Å². The first kappa shape index (κ1) is 17.2. The summed E-state index contributed by atoms with van der Waals surface area (Å²) in [4.78, 5) is 17.1. The maximum absolute atomic E-state index is 12.5. The van der Waals surface area contributed by atoms with Gasteiger partial charge in [0.2, 0.25) is 5.91 Å². The summed E-state index contributed by atoms with van der Waals surface area (Å²) in [7, 11) is 0. The number of carbonyl (C=O) groups excluding carboxylic acids is 1. The Labute approximate surface area is 140 Å². The number of amides is 1. The molecular weight excluding hydrogens is 290 g/mol. The van der Waals surface area contributed by atoms with Crippen LogP contribution >= 0.6 is 0 Å². The average molecular weight is 323 g/mol. The van der Waals surface area contributed by atoms with E-state index in [-0.39, 0.29) is 0 Å². The second-order valence-electron chi connectivity index (χ2n) is 7.92. The minimum atomic E-state index is 0.384. The topological polar surface area (TPSA) is 44.8 Å². The van der Waals surface area contributed by atoms with Gasteiger partial charge in [0.25, 0.3) is 0 Å². The summed E-state index contributed by atoms with van der Waals surface area (Å²) in [6.07, 6.45) is 1.95. The first-order chi connectivity index (χ1) is 11.1. The first-order valence-electron chi connectivity index (χ1n) is 9.39. The molecule has 0 aromatic rings. The van der Waals surface area contributed by atoms with Crippen molar-refractivity contribution in [2.75, 3.05) is 45.9 Å². The van der Waals surface area contributed by atoms with E-state index in [0.717, 1.165) is 58.3 Å². The average Bonchev–Trinajstić information content (AvgIpc) is 2.98. The fraction of sp³-hybridized carbons (Fsp3) is 0.944. The summed E-state index contributed by atoms with van der Waals surface area (Å²) in [5.74, 6) is 2.32. The number of fused-ring (bicyclic) bond motifs is 1. The van der Waals surface area contributed by atoms with Crippen LogP contribution in [0.15, 0.2) is 0 Å². The number of morpholine rings is 1. The highest BCUT2D eigenvalue weighted by Crippen LogP contribution is 2.45. The van der Waals surface area contributed by atoms with E-state index in [4.69, 9.17) is 4.74 Å². The number of nitrogens with zero attached hydrogens (tertiary/aromatic N) is 2. The lowest BCUT2D eigenvalue weighted by Crippen LogP contribution is -2.44. The molecule has 1 saturated carbocycles. The van der Waals surface area contributed by atoms with Gasteiger partial charge in [0.05, 0.1) is 13.2 Å². The van der Waals surface area contributed by atoms with Crippen LogP contribution in [0.3, 0.4) is 0 Å². The zero-order chi connectivity index (χ0) is 16.4. The molecule has 5 nitrogen and oxygen atoms in total. The van der Waals surface area contributed by atoms with Gasteiger partial charge in [-0.2, -0.15) is 0 Å². The highest BCUT2D eigenvalue weighted by Gasteiger charge is 2.50. The zero-order valence-electron chi connectivity index (χ0n) is 15.0. The number of hydrogen-bond donors (Lipinski definition) is 1. The Kier molecular flexibility index (Phi) is 5.60. The normalized spacial score (nSPS) is 35.3. The van der Waals surface area contributed by atoms with Crippen molar-refractivity contribution >= 4 is 5.91 Å². The van der Waals surface area contributed by atoms with Crippen LogP contribution < -0.4 is 5.32 Å². The second kappa shape index (κ2) is 7.49. The first-order valence-corrected chi connectivity index (χ1v) is 9.39. The van der Waals surface area contributed by atoms with E-state index in [1.54, 1.807) is 0 Å². The van der Waals surface area contributed by atoms with Gasteiger partial charge in [-0.3, -0.25) is 9.69 Å². The lowest BCUT2D eigenvalue weighted by molar-refractivity contribution is -0.129. The van der Waals surface area contributed by atoms with E-state index < -0.39 is 0 Å². The summed E-state index contributed by atoms with van der Waals surface area (Å²) in [6.45, 7) is 13.4. The molecule has 0 radical (unpaired) electrons. The smallest absolute Gasteiger partial charge is 0.223 e. The van der Waals surface area contributed by atoms with Crippen LogP contribution in [0.1, 0.15) is 33.6 Å². The number of hydrogen-bond acceptors (Lipinski definition) is 4. The maximum Gasteiger partial charge on any atom is 0.223 e. The molecule has 4 atom stereocenters. The van der Waals surface area contributed by atoms with Gasteiger partial charge in [-0.1, -0.05) is 20.8 Å². The van der Waals surface area contributed by atoms with Gasteiger partial charge in [0.15, 0.2) is 0 Å². The molecule has 2 aliphatic heterocycles. The molecule has 1 amide bonds. The highest BCUT2D eigenvalue weighted by atomic mass is 16.5. The molecule has 0 bridgehead atoms. The third-order valence-corrected chi connectivity index (χ3v) is 6.04. The molecule has 0 unspecified atom stereocenters. The summed E-state index contributed by atoms with van der Waals surface area (Å²) in [6, 6.07) is 1.01. The molecule has 2 saturated heterocycles. The van der Waals surface area contributed by atoms with Crippen LogP contribution in [0.25, 0.3) is 0 Å². The summed E-state index contributed by atoms with van der Waals surface area (Å²) in [5.41, 5.74) is 0. The number of nitrogens with one attached hydrogen (secondary N) is 1. The van der Waals surface area contributed by atoms with Crippen molar-refractivity contribution in [2.24, 2.45) is 17.8 Å². The van der Waals surface area contributed by atoms with E-state index in [2.05, 4.69) is 35.9 Å². The molecule has 0 spiro atoms. The Morgan fingerprint density at radius 2 is 2.00 bits per heavy atom. The lowest BCUT2D eigenvalue weighted by atomic mass is 9.88. The number of ether oxygens (including phenoxy) is 1. The molecule has 23 heavy (non-hydrogen) atoms. The fourth-order valence-corrected chi connectivity index (χ4v) is 4.68. The molecule has 3 fully saturated rings. The van der Waals surface area contributed by atoms with Gasteiger partial charge in [0, 0.05) is 44.7 Å². The Balaban J connectivity index is 1.55. The maximum atomic E-state index is 12.5. The molecule has 1 aliphatic carbocycles. The van der Waals surface area contributed by atoms with Crippen LogP contribution in [0.5, 0.6) is 0 Å². The van der Waals surface area contributed by atoms with Crippen molar-refractivity contribution in [3.05, 3.63) is 0 Å². The zero-order valence-corrected chi connectivity index (χ0v) is 15.0. The number of carbonyl (C=O) groups is 1. The monoisotopic (exact) mass is 323 g/mol. The molecule has 3 rings (SSSR count). The van der Waals surface area contributed by atoms with Gasteiger partial charge >= 0.3 is 0 Å². The molecule has 2 heterocycles. The van der Waals surface area contributed by atoms with Crippen molar-refractivity contribution in [1.82, 2.24) is 15.1 Å². The number of rotatable bonds is 6. The fourth-order valence-electron chi connectivity index (χ4n) is 4.68. The van der Waals surface area contributed by atoms with Crippen LogP contribution in [0, 0.1) is 17.8 Å². The summed E-state index contributed by atoms with van der Waals surface area (Å²) in [5, 5.41) is 3.59. The van der Waals surface area contributed by atoms with Gasteiger partial charge in [-0.25, -0.2) is 0 Å². The molecule has 5 heteroatoms. The Morgan fingerprint density at radius 3 is 2.70 bits per heavy atom. The largest absolute Gasteiger partial charge is 0.379 e. The number of likely N-dealkylation sites (tertiary alicyclic amines) is 1. The third-order valence-electron chi connectivity index (χ3n) is 6.04. The molecule has 0 aromatic heterocycles. The van der Waals surface area contributed by atoms with E-state index in [9.17, 15) is 4.79 Å². The Bertz CT molecular complexity index is 409. The molecule has 0 aromatic carbocycles. The summed E-state index contributed by atoms with van der Waals surface area (Å²) >= 11 is 0.